The van der Waals surface area contributed by atoms with Gasteiger partial charge in [0.15, 0.2) is 0 Å². The highest BCUT2D eigenvalue weighted by Gasteiger charge is 2.62. The van der Waals surface area contributed by atoms with Crippen molar-refractivity contribution in [1.82, 2.24) is 5.32 Å². The van der Waals surface area contributed by atoms with Crippen LogP contribution in [-0.2, 0) is 0 Å². The van der Waals surface area contributed by atoms with E-state index in [1.807, 2.05) is 0 Å². The first-order chi connectivity index (χ1) is 14.2. The van der Waals surface area contributed by atoms with Gasteiger partial charge in [0.25, 0.3) is 0 Å². The lowest BCUT2D eigenvalue weighted by atomic mass is 9.46. The van der Waals surface area contributed by atoms with Gasteiger partial charge in [-0.25, -0.2) is 0 Å². The van der Waals surface area contributed by atoms with E-state index in [1.54, 1.807) is 5.57 Å². The summed E-state index contributed by atoms with van der Waals surface area (Å²) in [5.74, 6) is 3.44. The number of fused-ring (bicyclic) bond motifs is 5. The number of aliphatic hydroxyl groups excluding tert-OH is 1. The minimum atomic E-state index is -0.606. The molecule has 0 bridgehead atoms. The zero-order valence-electron chi connectivity index (χ0n) is 19.8. The van der Waals surface area contributed by atoms with Gasteiger partial charge in [0.1, 0.15) is 0 Å². The highest BCUT2D eigenvalue weighted by atomic mass is 16.3. The molecule has 3 saturated carbocycles. The lowest BCUT2D eigenvalue weighted by Crippen LogP contribution is -2.60. The van der Waals surface area contributed by atoms with E-state index in [0.717, 1.165) is 55.9 Å². The maximum Gasteiger partial charge on any atom is 0.0805 e. The smallest absolute Gasteiger partial charge is 0.0805 e. The zero-order chi connectivity index (χ0) is 21.3. The van der Waals surface area contributed by atoms with Crippen molar-refractivity contribution in [2.75, 3.05) is 6.54 Å². The van der Waals surface area contributed by atoms with Crippen LogP contribution in [0.2, 0.25) is 0 Å². The van der Waals surface area contributed by atoms with Crippen LogP contribution in [0.4, 0.5) is 0 Å². The lowest BCUT2D eigenvalue weighted by Gasteiger charge is -2.59. The minimum absolute atomic E-state index is 0.119. The van der Waals surface area contributed by atoms with Gasteiger partial charge in [0.05, 0.1) is 11.7 Å². The first-order valence-electron chi connectivity index (χ1n) is 13.0. The fourth-order valence-electron chi connectivity index (χ4n) is 9.34. The Bertz CT molecular complexity index is 693. The van der Waals surface area contributed by atoms with E-state index >= 15 is 0 Å². The lowest BCUT2D eigenvalue weighted by molar-refractivity contribution is -0.119. The summed E-state index contributed by atoms with van der Waals surface area (Å²) in [5.41, 5.74) is 1.54. The Hall–Kier alpha value is -0.380. The van der Waals surface area contributed by atoms with E-state index in [2.05, 4.69) is 39.1 Å². The molecule has 3 N–H and O–H groups in total. The Morgan fingerprint density at radius 3 is 2.57 bits per heavy atom. The Morgan fingerprint density at radius 2 is 1.83 bits per heavy atom. The number of rotatable bonds is 2. The van der Waals surface area contributed by atoms with Gasteiger partial charge in [-0.3, -0.25) is 0 Å². The molecule has 3 heteroatoms. The molecule has 0 aromatic carbocycles. The summed E-state index contributed by atoms with van der Waals surface area (Å²) >= 11 is 0. The molecule has 30 heavy (non-hydrogen) atoms. The topological polar surface area (TPSA) is 52.5 Å². The third-order valence-electron chi connectivity index (χ3n) is 11.1. The average molecular weight is 416 g/mol. The number of hydrogen-bond donors (Lipinski definition) is 3. The summed E-state index contributed by atoms with van der Waals surface area (Å²) in [6.45, 7) is 10.6. The first kappa shape index (κ1) is 21.5. The number of aliphatic hydroxyl groups is 2. The molecule has 3 nitrogen and oxygen atoms in total. The Kier molecular flexibility index (Phi) is 5.24. The fraction of sp³-hybridized carbons (Fsp3) is 0.926. The highest BCUT2D eigenvalue weighted by molar-refractivity contribution is 5.25. The maximum absolute atomic E-state index is 11.9. The van der Waals surface area contributed by atoms with Gasteiger partial charge in [-0.05, 0) is 118 Å². The molecule has 10 atom stereocenters. The Labute approximate surface area is 184 Å². The number of allylic oxidation sites excluding steroid dienone is 1. The van der Waals surface area contributed by atoms with Crippen molar-refractivity contribution in [2.45, 2.75) is 110 Å². The molecule has 0 aromatic rings. The molecule has 4 aliphatic carbocycles. The van der Waals surface area contributed by atoms with Crippen molar-refractivity contribution in [3.63, 3.8) is 0 Å². The van der Waals surface area contributed by atoms with E-state index in [1.165, 1.54) is 38.5 Å². The molecule has 0 spiro atoms. The van der Waals surface area contributed by atoms with E-state index in [0.29, 0.717) is 11.3 Å². The normalized spacial score (nSPS) is 53.1. The van der Waals surface area contributed by atoms with Gasteiger partial charge in [-0.15, -0.1) is 0 Å². The molecule has 1 heterocycles. The molecule has 1 saturated heterocycles. The monoisotopic (exact) mass is 415 g/mol. The van der Waals surface area contributed by atoms with Crippen molar-refractivity contribution in [2.24, 2.45) is 40.4 Å². The molecule has 1 aliphatic heterocycles. The quantitative estimate of drug-likeness (QED) is 0.552. The SMILES string of the molecule is CC1CCC(C(C)(O)C2CCC3C4CC=C5CC(O)CCC5(C)C4CCC32C)NC1. The summed E-state index contributed by atoms with van der Waals surface area (Å²) in [4.78, 5) is 0. The van der Waals surface area contributed by atoms with Crippen LogP contribution < -0.4 is 5.32 Å². The molecule has 5 aliphatic rings. The second-order valence-electron chi connectivity index (χ2n) is 12.7. The van der Waals surface area contributed by atoms with Gasteiger partial charge < -0.3 is 15.5 Å². The van der Waals surface area contributed by atoms with Crippen molar-refractivity contribution in [3.8, 4) is 0 Å². The van der Waals surface area contributed by atoms with Gasteiger partial charge in [0, 0.05) is 6.04 Å². The van der Waals surface area contributed by atoms with E-state index in [9.17, 15) is 10.2 Å². The predicted molar refractivity (Wildman–Crippen MR) is 122 cm³/mol. The van der Waals surface area contributed by atoms with E-state index in [4.69, 9.17) is 0 Å². The van der Waals surface area contributed by atoms with Crippen LogP contribution in [0.3, 0.4) is 0 Å². The maximum atomic E-state index is 11.9. The third-order valence-corrected chi connectivity index (χ3v) is 11.1. The van der Waals surface area contributed by atoms with Gasteiger partial charge in [0.2, 0.25) is 0 Å². The van der Waals surface area contributed by atoms with Gasteiger partial charge >= 0.3 is 0 Å². The molecule has 170 valence electrons. The van der Waals surface area contributed by atoms with Crippen LogP contribution in [0.25, 0.3) is 0 Å². The molecule has 5 rings (SSSR count). The minimum Gasteiger partial charge on any atom is -0.393 e. The summed E-state index contributed by atoms with van der Waals surface area (Å²) in [5, 5.41) is 25.8. The Balaban J connectivity index is 1.39. The van der Waals surface area contributed by atoms with E-state index in [-0.39, 0.29) is 17.6 Å². The van der Waals surface area contributed by atoms with Crippen molar-refractivity contribution < 1.29 is 10.2 Å². The second-order valence-corrected chi connectivity index (χ2v) is 12.7. The van der Waals surface area contributed by atoms with Gasteiger partial charge in [-0.1, -0.05) is 32.4 Å². The van der Waals surface area contributed by atoms with Crippen LogP contribution in [0.1, 0.15) is 91.9 Å². The van der Waals surface area contributed by atoms with Gasteiger partial charge in [-0.2, -0.15) is 0 Å². The highest BCUT2D eigenvalue weighted by Crippen LogP contribution is 2.67. The van der Waals surface area contributed by atoms with Crippen LogP contribution in [0.5, 0.6) is 0 Å². The summed E-state index contributed by atoms with van der Waals surface area (Å²) in [7, 11) is 0. The van der Waals surface area contributed by atoms with Crippen molar-refractivity contribution in [1.29, 1.82) is 0 Å². The Morgan fingerprint density at radius 1 is 1.03 bits per heavy atom. The standard InChI is InChI=1S/C27H45NO2/c1-17-5-10-24(28-16-17)27(4,30)23-9-8-21-20-7-6-18-15-19(29)11-13-25(18,2)22(20)12-14-26(21,23)3/h6,17,19-24,28-30H,5,7-16H2,1-4H3. The fourth-order valence-corrected chi connectivity index (χ4v) is 9.34. The molecule has 0 aromatic heterocycles. The zero-order valence-corrected chi connectivity index (χ0v) is 19.8. The first-order valence-corrected chi connectivity index (χ1v) is 13.0. The number of nitrogens with one attached hydrogen (secondary N) is 1. The van der Waals surface area contributed by atoms with Crippen molar-refractivity contribution >= 4 is 0 Å². The molecular weight excluding hydrogens is 370 g/mol. The molecule has 10 unspecified atom stereocenters. The molecule has 4 fully saturated rings. The molecule has 0 amide bonds. The molecular formula is C27H45NO2. The number of hydrogen-bond acceptors (Lipinski definition) is 3. The van der Waals surface area contributed by atoms with Crippen molar-refractivity contribution in [3.05, 3.63) is 11.6 Å². The van der Waals surface area contributed by atoms with Crippen LogP contribution in [-0.4, -0.2) is 34.5 Å². The second kappa shape index (κ2) is 7.32. The van der Waals surface area contributed by atoms with Crippen LogP contribution in [0, 0.1) is 40.4 Å². The van der Waals surface area contributed by atoms with Crippen LogP contribution >= 0.6 is 0 Å². The summed E-state index contributed by atoms with van der Waals surface area (Å²) < 4.78 is 0. The van der Waals surface area contributed by atoms with Crippen LogP contribution in [0.15, 0.2) is 11.6 Å². The third kappa shape index (κ3) is 3.09. The van der Waals surface area contributed by atoms with E-state index < -0.39 is 5.60 Å². The molecule has 0 radical (unpaired) electrons. The average Bonchev–Trinajstić information content (AvgIpc) is 3.07. The summed E-state index contributed by atoms with van der Waals surface area (Å²) in [6.07, 6.45) is 14.1. The summed E-state index contributed by atoms with van der Waals surface area (Å²) in [6, 6.07) is 0.252. The predicted octanol–water partition coefficient (Wildman–Crippen LogP) is 5.07. The largest absolute Gasteiger partial charge is 0.393 e. The number of piperidine rings is 1.